The molecule has 0 aliphatic heterocycles. The van der Waals surface area contributed by atoms with E-state index in [9.17, 15) is 0 Å². The molecule has 1 aromatic carbocycles. The number of rotatable bonds is 4. The number of pyridine rings is 1. The maximum absolute atomic E-state index is 4.51. The smallest absolute Gasteiger partial charge is 0.112 e. The first-order valence-electron chi connectivity index (χ1n) is 7.72. The van der Waals surface area contributed by atoms with Crippen LogP contribution in [-0.2, 0) is 0 Å². The van der Waals surface area contributed by atoms with Crippen LogP contribution in [0.5, 0.6) is 0 Å². The monoisotopic (exact) mass is 316 g/mol. The number of aromatic nitrogens is 6. The lowest BCUT2D eigenvalue weighted by atomic mass is 10.1. The summed E-state index contributed by atoms with van der Waals surface area (Å²) in [7, 11) is 0. The fourth-order valence-electron chi connectivity index (χ4n) is 2.66. The zero-order valence-electron chi connectivity index (χ0n) is 13.2. The Morgan fingerprint density at radius 2 is 1.88 bits per heavy atom. The lowest BCUT2D eigenvalue weighted by Crippen LogP contribution is -2.03. The Hall–Kier alpha value is -3.28. The molecule has 3 heterocycles. The molecule has 6 heteroatoms. The van der Waals surface area contributed by atoms with Gasteiger partial charge in [-0.2, -0.15) is 15.4 Å². The van der Waals surface area contributed by atoms with Gasteiger partial charge in [0.2, 0.25) is 0 Å². The summed E-state index contributed by atoms with van der Waals surface area (Å²) in [5.74, 6) is 0. The quantitative estimate of drug-likeness (QED) is 0.627. The van der Waals surface area contributed by atoms with Crippen molar-refractivity contribution in [2.45, 2.75) is 13.0 Å². The topological polar surface area (TPSA) is 72.3 Å². The first kappa shape index (κ1) is 14.3. The van der Waals surface area contributed by atoms with Crippen molar-refractivity contribution in [1.82, 2.24) is 29.9 Å². The Labute approximate surface area is 139 Å². The van der Waals surface area contributed by atoms with Gasteiger partial charge in [-0.15, -0.1) is 0 Å². The molecular formula is C18H16N6. The van der Waals surface area contributed by atoms with Gasteiger partial charge in [-0.1, -0.05) is 30.3 Å². The molecule has 3 aromatic heterocycles. The second-order valence-corrected chi connectivity index (χ2v) is 5.58. The normalized spacial score (nSPS) is 12.2. The third kappa shape index (κ3) is 2.69. The highest BCUT2D eigenvalue weighted by molar-refractivity contribution is 5.65. The van der Waals surface area contributed by atoms with Crippen molar-refractivity contribution in [2.75, 3.05) is 0 Å². The van der Waals surface area contributed by atoms with Gasteiger partial charge in [-0.05, 0) is 24.6 Å². The molecule has 0 amide bonds. The second kappa shape index (κ2) is 6.08. The standard InChI is InChI=1S/C18H16N6/c1-13(14-5-3-2-4-6-14)24-11-18(20-12-24)16-9-15(7-8-19-16)17-10-21-23-22-17/h2-13H,1H3,(H,21,22,23). The van der Waals surface area contributed by atoms with Crippen molar-refractivity contribution in [2.24, 2.45) is 0 Å². The minimum absolute atomic E-state index is 0.214. The van der Waals surface area contributed by atoms with Gasteiger partial charge in [0, 0.05) is 18.0 Å². The van der Waals surface area contributed by atoms with Crippen LogP contribution in [0, 0.1) is 0 Å². The average Bonchev–Trinajstić information content (AvgIpc) is 3.34. The number of nitrogens with zero attached hydrogens (tertiary/aromatic N) is 5. The number of hydrogen-bond acceptors (Lipinski definition) is 4. The molecule has 0 aliphatic carbocycles. The van der Waals surface area contributed by atoms with E-state index in [1.54, 1.807) is 12.4 Å². The number of H-pyrrole nitrogens is 1. The number of hydrogen-bond donors (Lipinski definition) is 1. The van der Waals surface area contributed by atoms with Crippen LogP contribution in [0.4, 0.5) is 0 Å². The van der Waals surface area contributed by atoms with Crippen LogP contribution in [0.15, 0.2) is 67.4 Å². The maximum atomic E-state index is 4.51. The van der Waals surface area contributed by atoms with Crippen LogP contribution in [0.2, 0.25) is 0 Å². The van der Waals surface area contributed by atoms with Crippen LogP contribution in [0.3, 0.4) is 0 Å². The first-order chi connectivity index (χ1) is 11.8. The van der Waals surface area contributed by atoms with Gasteiger partial charge in [0.05, 0.1) is 24.3 Å². The zero-order chi connectivity index (χ0) is 16.4. The number of imidazole rings is 1. The zero-order valence-corrected chi connectivity index (χ0v) is 13.2. The molecule has 0 radical (unpaired) electrons. The molecule has 1 N–H and O–H groups in total. The van der Waals surface area contributed by atoms with Crippen molar-refractivity contribution in [3.05, 3.63) is 72.9 Å². The molecule has 0 saturated heterocycles. The van der Waals surface area contributed by atoms with Crippen molar-refractivity contribution >= 4 is 0 Å². The fraction of sp³-hybridized carbons (Fsp3) is 0.111. The highest BCUT2D eigenvalue weighted by atomic mass is 15.3. The summed E-state index contributed by atoms with van der Waals surface area (Å²) in [5.41, 5.74) is 4.64. The summed E-state index contributed by atoms with van der Waals surface area (Å²) in [6.45, 7) is 2.15. The Morgan fingerprint density at radius 1 is 1.00 bits per heavy atom. The third-order valence-corrected chi connectivity index (χ3v) is 4.06. The summed E-state index contributed by atoms with van der Waals surface area (Å²) < 4.78 is 2.09. The molecule has 4 rings (SSSR count). The SMILES string of the molecule is CC(c1ccccc1)n1cnc(-c2cc(-c3cn[nH]n3)ccn2)c1. The Balaban J connectivity index is 1.65. The summed E-state index contributed by atoms with van der Waals surface area (Å²) in [6.07, 6.45) is 7.32. The Bertz CT molecular complexity index is 927. The van der Waals surface area contributed by atoms with Gasteiger partial charge < -0.3 is 4.57 Å². The predicted octanol–water partition coefficient (Wildman–Crippen LogP) is 3.34. The van der Waals surface area contributed by atoms with Gasteiger partial charge in [-0.25, -0.2) is 4.98 Å². The molecular weight excluding hydrogens is 300 g/mol. The van der Waals surface area contributed by atoms with Gasteiger partial charge in [-0.3, -0.25) is 4.98 Å². The molecule has 0 fully saturated rings. The van der Waals surface area contributed by atoms with Crippen LogP contribution in [-0.4, -0.2) is 29.9 Å². The first-order valence-corrected chi connectivity index (χ1v) is 7.72. The van der Waals surface area contributed by atoms with E-state index in [4.69, 9.17) is 0 Å². The highest BCUT2D eigenvalue weighted by Gasteiger charge is 2.11. The molecule has 24 heavy (non-hydrogen) atoms. The molecule has 6 nitrogen and oxygen atoms in total. The Kier molecular flexibility index (Phi) is 3.63. The summed E-state index contributed by atoms with van der Waals surface area (Å²) >= 11 is 0. The molecule has 0 bridgehead atoms. The molecule has 0 saturated carbocycles. The van der Waals surface area contributed by atoms with Crippen LogP contribution in [0.25, 0.3) is 22.6 Å². The van der Waals surface area contributed by atoms with Gasteiger partial charge in [0.15, 0.2) is 0 Å². The highest BCUT2D eigenvalue weighted by Crippen LogP contribution is 2.24. The molecule has 1 unspecified atom stereocenters. The minimum Gasteiger partial charge on any atom is -0.330 e. The number of aromatic amines is 1. The average molecular weight is 316 g/mol. The van der Waals surface area contributed by atoms with E-state index in [0.29, 0.717) is 0 Å². The summed E-state index contributed by atoms with van der Waals surface area (Å²) in [4.78, 5) is 8.94. The van der Waals surface area contributed by atoms with E-state index >= 15 is 0 Å². The van der Waals surface area contributed by atoms with Crippen LogP contribution < -0.4 is 0 Å². The molecule has 0 spiro atoms. The van der Waals surface area contributed by atoms with E-state index in [1.807, 2.05) is 42.9 Å². The van der Waals surface area contributed by atoms with Crippen molar-refractivity contribution in [3.63, 3.8) is 0 Å². The fourth-order valence-corrected chi connectivity index (χ4v) is 2.66. The van der Waals surface area contributed by atoms with Crippen LogP contribution in [0.1, 0.15) is 18.5 Å². The van der Waals surface area contributed by atoms with E-state index in [-0.39, 0.29) is 6.04 Å². The number of nitrogens with one attached hydrogen (secondary N) is 1. The van der Waals surface area contributed by atoms with Crippen molar-refractivity contribution in [1.29, 1.82) is 0 Å². The van der Waals surface area contributed by atoms with Gasteiger partial charge >= 0.3 is 0 Å². The van der Waals surface area contributed by atoms with E-state index in [0.717, 1.165) is 22.6 Å². The maximum Gasteiger partial charge on any atom is 0.112 e. The second-order valence-electron chi connectivity index (χ2n) is 5.58. The predicted molar refractivity (Wildman–Crippen MR) is 91.1 cm³/mol. The molecule has 4 aromatic rings. The summed E-state index contributed by atoms with van der Waals surface area (Å²) in [5, 5.41) is 10.6. The minimum atomic E-state index is 0.214. The lowest BCUT2D eigenvalue weighted by molar-refractivity contribution is 0.638. The molecule has 118 valence electrons. The summed E-state index contributed by atoms with van der Waals surface area (Å²) in [6, 6.07) is 14.4. The third-order valence-electron chi connectivity index (χ3n) is 4.06. The van der Waals surface area contributed by atoms with E-state index < -0.39 is 0 Å². The van der Waals surface area contributed by atoms with Crippen molar-refractivity contribution < 1.29 is 0 Å². The molecule has 0 aliphatic rings. The van der Waals surface area contributed by atoms with Crippen molar-refractivity contribution in [3.8, 4) is 22.6 Å². The van der Waals surface area contributed by atoms with E-state index in [2.05, 4.69) is 49.0 Å². The largest absolute Gasteiger partial charge is 0.330 e. The Morgan fingerprint density at radius 3 is 2.67 bits per heavy atom. The van der Waals surface area contributed by atoms with Crippen LogP contribution >= 0.6 is 0 Å². The van der Waals surface area contributed by atoms with E-state index in [1.165, 1.54) is 5.56 Å². The van der Waals surface area contributed by atoms with Gasteiger partial charge in [0.25, 0.3) is 0 Å². The lowest BCUT2D eigenvalue weighted by Gasteiger charge is -2.12. The molecule has 1 atom stereocenters. The van der Waals surface area contributed by atoms with Gasteiger partial charge in [0.1, 0.15) is 11.4 Å². The number of benzene rings is 1.